The van der Waals surface area contributed by atoms with Crippen LogP contribution < -0.4 is 0 Å². The number of carbonyl (C=O) groups excluding carboxylic acids is 1. The van der Waals surface area contributed by atoms with Gasteiger partial charge in [0.1, 0.15) is 0 Å². The fourth-order valence-electron chi connectivity index (χ4n) is 4.31. The maximum atomic E-state index is 13.1. The van der Waals surface area contributed by atoms with E-state index in [9.17, 15) is 13.2 Å². The summed E-state index contributed by atoms with van der Waals surface area (Å²) in [5.74, 6) is -0.0715. The molecule has 30 heavy (non-hydrogen) atoms. The number of aromatic nitrogens is 2. The largest absolute Gasteiger partial charge is 0.379 e. The molecule has 0 spiro atoms. The number of morpholine rings is 1. The van der Waals surface area contributed by atoms with Crippen LogP contribution in [-0.4, -0.2) is 103 Å². The highest BCUT2D eigenvalue weighted by Crippen LogP contribution is 2.21. The Morgan fingerprint density at radius 3 is 2.87 bits per heavy atom. The van der Waals surface area contributed by atoms with E-state index in [0.29, 0.717) is 45.0 Å². The highest BCUT2D eigenvalue weighted by Gasteiger charge is 2.33. The molecule has 1 N–H and O–H groups in total. The Hall–Kier alpha value is -2.01. The van der Waals surface area contributed by atoms with E-state index in [1.807, 2.05) is 6.07 Å². The van der Waals surface area contributed by atoms with Gasteiger partial charge < -0.3 is 14.6 Å². The first kappa shape index (κ1) is 21.2. The number of hydrogen-bond donors (Lipinski definition) is 1. The van der Waals surface area contributed by atoms with Crippen molar-refractivity contribution in [3.63, 3.8) is 0 Å². The monoisotopic (exact) mass is 435 g/mol. The lowest BCUT2D eigenvalue weighted by Gasteiger charge is -2.39. The smallest absolute Gasteiger partial charge is 0.253 e. The Morgan fingerprint density at radius 1 is 1.30 bits per heavy atom. The number of nitrogens with zero attached hydrogens (tertiary/aromatic N) is 4. The minimum atomic E-state index is -3.38. The summed E-state index contributed by atoms with van der Waals surface area (Å²) in [6.07, 6.45) is 4.42. The maximum Gasteiger partial charge on any atom is 0.253 e. The number of rotatable bonds is 6. The van der Waals surface area contributed by atoms with Crippen LogP contribution in [-0.2, 0) is 14.8 Å². The number of ether oxygens (including phenoxy) is 1. The van der Waals surface area contributed by atoms with Crippen molar-refractivity contribution >= 4 is 27.0 Å². The molecule has 1 aromatic carbocycles. The van der Waals surface area contributed by atoms with Gasteiger partial charge in [-0.2, -0.15) is 4.31 Å². The molecule has 0 aliphatic carbocycles. The van der Waals surface area contributed by atoms with E-state index < -0.39 is 10.0 Å². The molecule has 164 valence electrons. The number of carbonyl (C=O) groups is 1. The van der Waals surface area contributed by atoms with Gasteiger partial charge in [-0.25, -0.2) is 13.4 Å². The molecule has 4 rings (SSSR count). The van der Waals surface area contributed by atoms with E-state index in [2.05, 4.69) is 14.9 Å². The van der Waals surface area contributed by atoms with Gasteiger partial charge in [0.2, 0.25) is 10.0 Å². The Bertz CT molecular complexity index is 986. The van der Waals surface area contributed by atoms with Gasteiger partial charge in [-0.3, -0.25) is 9.69 Å². The molecule has 10 heteroatoms. The molecule has 1 unspecified atom stereocenters. The molecule has 3 heterocycles. The average molecular weight is 436 g/mol. The number of fused-ring (bicyclic) bond motifs is 1. The Morgan fingerprint density at radius 2 is 2.10 bits per heavy atom. The van der Waals surface area contributed by atoms with Crippen molar-refractivity contribution < 1.29 is 17.9 Å². The summed E-state index contributed by atoms with van der Waals surface area (Å²) in [6, 6.07) is 5.21. The summed E-state index contributed by atoms with van der Waals surface area (Å²) >= 11 is 0. The van der Waals surface area contributed by atoms with Gasteiger partial charge in [0.05, 0.1) is 36.8 Å². The number of nitrogens with one attached hydrogen (secondary N) is 1. The number of aromatic amines is 1. The topological polar surface area (TPSA) is 98.8 Å². The fourth-order valence-corrected chi connectivity index (χ4v) is 5.44. The lowest BCUT2D eigenvalue weighted by molar-refractivity contribution is 0.0334. The van der Waals surface area contributed by atoms with Crippen molar-refractivity contribution in [3.05, 3.63) is 30.1 Å². The fraction of sp³-hybridized carbons (Fsp3) is 0.600. The molecule has 0 saturated carbocycles. The quantitative estimate of drug-likeness (QED) is 0.719. The van der Waals surface area contributed by atoms with E-state index in [0.717, 1.165) is 37.0 Å². The predicted molar refractivity (Wildman–Crippen MR) is 114 cm³/mol. The van der Waals surface area contributed by atoms with E-state index in [1.165, 1.54) is 6.26 Å². The molecule has 0 radical (unpaired) electrons. The van der Waals surface area contributed by atoms with E-state index in [1.54, 1.807) is 27.7 Å². The van der Waals surface area contributed by atoms with Crippen LogP contribution in [0.25, 0.3) is 11.0 Å². The lowest BCUT2D eigenvalue weighted by atomic mass is 10.0. The summed E-state index contributed by atoms with van der Waals surface area (Å²) in [5, 5.41) is 0. The standard InChI is InChI=1S/C20H29N5O4S/c1-30(27,28)25(8-7-23-9-11-29-12-10-23)17-3-2-6-24(14-17)20(26)16-4-5-18-19(13-16)22-15-21-18/h4-5,13,15,17H,2-3,6-12,14H2,1H3,(H,21,22). The third kappa shape index (κ3) is 4.83. The van der Waals surface area contributed by atoms with Crippen LogP contribution in [0.3, 0.4) is 0 Å². The minimum absolute atomic E-state index is 0.0715. The van der Waals surface area contributed by atoms with Crippen LogP contribution in [0.2, 0.25) is 0 Å². The van der Waals surface area contributed by atoms with Crippen molar-refractivity contribution in [1.82, 2.24) is 24.1 Å². The van der Waals surface area contributed by atoms with Gasteiger partial charge in [-0.1, -0.05) is 0 Å². The molecule has 1 amide bonds. The summed E-state index contributed by atoms with van der Waals surface area (Å²) in [7, 11) is -3.38. The van der Waals surface area contributed by atoms with Crippen molar-refractivity contribution in [2.75, 3.05) is 58.7 Å². The van der Waals surface area contributed by atoms with Gasteiger partial charge in [0.25, 0.3) is 5.91 Å². The molecule has 2 fully saturated rings. The van der Waals surface area contributed by atoms with Crippen LogP contribution in [0.5, 0.6) is 0 Å². The van der Waals surface area contributed by atoms with Gasteiger partial charge in [-0.15, -0.1) is 0 Å². The van der Waals surface area contributed by atoms with Gasteiger partial charge in [0.15, 0.2) is 0 Å². The molecule has 1 aromatic heterocycles. The van der Waals surface area contributed by atoms with E-state index >= 15 is 0 Å². The summed E-state index contributed by atoms with van der Waals surface area (Å²) < 4.78 is 32.0. The minimum Gasteiger partial charge on any atom is -0.379 e. The third-order valence-electron chi connectivity index (χ3n) is 5.92. The third-order valence-corrected chi connectivity index (χ3v) is 7.26. The van der Waals surface area contributed by atoms with Crippen LogP contribution in [0.1, 0.15) is 23.2 Å². The zero-order valence-corrected chi connectivity index (χ0v) is 18.1. The Kier molecular flexibility index (Phi) is 6.37. The average Bonchev–Trinajstić information content (AvgIpc) is 3.21. The number of likely N-dealkylation sites (tertiary alicyclic amines) is 1. The number of hydrogen-bond acceptors (Lipinski definition) is 6. The second kappa shape index (κ2) is 9.01. The van der Waals surface area contributed by atoms with E-state index in [4.69, 9.17) is 4.74 Å². The lowest BCUT2D eigenvalue weighted by Crippen LogP contribution is -2.53. The van der Waals surface area contributed by atoms with Gasteiger partial charge in [-0.05, 0) is 31.0 Å². The first-order chi connectivity index (χ1) is 14.4. The van der Waals surface area contributed by atoms with E-state index in [-0.39, 0.29) is 11.9 Å². The summed E-state index contributed by atoms with van der Waals surface area (Å²) in [6.45, 7) is 5.18. The highest BCUT2D eigenvalue weighted by atomic mass is 32.2. The summed E-state index contributed by atoms with van der Waals surface area (Å²) in [5.41, 5.74) is 2.22. The first-order valence-corrected chi connectivity index (χ1v) is 12.3. The molecule has 2 saturated heterocycles. The normalized spacial score (nSPS) is 21.4. The highest BCUT2D eigenvalue weighted by molar-refractivity contribution is 7.88. The molecular weight excluding hydrogens is 406 g/mol. The SMILES string of the molecule is CS(=O)(=O)N(CCN1CCOCC1)C1CCCN(C(=O)c2ccc3nc[nH]c3c2)C1. The number of benzene rings is 1. The van der Waals surface area contributed by atoms with Crippen molar-refractivity contribution in [2.24, 2.45) is 0 Å². The van der Waals surface area contributed by atoms with Crippen LogP contribution in [0, 0.1) is 0 Å². The van der Waals surface area contributed by atoms with Crippen molar-refractivity contribution in [1.29, 1.82) is 0 Å². The van der Waals surface area contributed by atoms with Crippen LogP contribution in [0.15, 0.2) is 24.5 Å². The summed E-state index contributed by atoms with van der Waals surface area (Å²) in [4.78, 5) is 24.3. The zero-order chi connectivity index (χ0) is 21.1. The predicted octanol–water partition coefficient (Wildman–Crippen LogP) is 0.761. The number of piperidine rings is 1. The molecule has 2 aliphatic rings. The number of H-pyrrole nitrogens is 1. The second-order valence-electron chi connectivity index (χ2n) is 8.01. The molecule has 0 bridgehead atoms. The van der Waals surface area contributed by atoms with Gasteiger partial charge in [0, 0.05) is 50.9 Å². The number of sulfonamides is 1. The van der Waals surface area contributed by atoms with Crippen LogP contribution in [0.4, 0.5) is 0 Å². The number of amides is 1. The second-order valence-corrected chi connectivity index (χ2v) is 9.94. The maximum absolute atomic E-state index is 13.1. The molecule has 1 atom stereocenters. The van der Waals surface area contributed by atoms with Gasteiger partial charge >= 0.3 is 0 Å². The number of imidazole rings is 1. The van der Waals surface area contributed by atoms with Crippen LogP contribution >= 0.6 is 0 Å². The Labute approximate surface area is 177 Å². The zero-order valence-electron chi connectivity index (χ0n) is 17.3. The Balaban J connectivity index is 1.45. The molecule has 9 nitrogen and oxygen atoms in total. The molecule has 2 aromatic rings. The van der Waals surface area contributed by atoms with Crippen molar-refractivity contribution in [3.8, 4) is 0 Å². The molecule has 2 aliphatic heterocycles. The van der Waals surface area contributed by atoms with Crippen molar-refractivity contribution in [2.45, 2.75) is 18.9 Å². The first-order valence-electron chi connectivity index (χ1n) is 10.4. The molecular formula is C20H29N5O4S.